The molecule has 0 unspecified atom stereocenters. The van der Waals surface area contributed by atoms with Crippen LogP contribution in [0.15, 0.2) is 29.8 Å². The van der Waals surface area contributed by atoms with Gasteiger partial charge in [0, 0.05) is 0 Å². The SMILES string of the molecule is CCCNCC/C=C(/C)Cc1cccc(F)c1Cl. The smallest absolute Gasteiger partial charge is 0.142 e. The van der Waals surface area contributed by atoms with Gasteiger partial charge in [0.15, 0.2) is 0 Å². The summed E-state index contributed by atoms with van der Waals surface area (Å²) in [6.45, 7) is 6.26. The third-order valence-electron chi connectivity index (χ3n) is 2.74. The van der Waals surface area contributed by atoms with Crippen LogP contribution < -0.4 is 5.32 Å². The summed E-state index contributed by atoms with van der Waals surface area (Å²) in [5, 5.41) is 3.59. The van der Waals surface area contributed by atoms with Crippen LogP contribution in [0.2, 0.25) is 5.02 Å². The molecule has 18 heavy (non-hydrogen) atoms. The van der Waals surface area contributed by atoms with Gasteiger partial charge < -0.3 is 5.32 Å². The summed E-state index contributed by atoms with van der Waals surface area (Å²) in [5.41, 5.74) is 2.08. The lowest BCUT2D eigenvalue weighted by molar-refractivity contribution is 0.626. The van der Waals surface area contributed by atoms with Gasteiger partial charge in [-0.15, -0.1) is 0 Å². The molecule has 0 radical (unpaired) electrons. The van der Waals surface area contributed by atoms with E-state index < -0.39 is 0 Å². The van der Waals surface area contributed by atoms with Gasteiger partial charge in [-0.1, -0.05) is 42.3 Å². The topological polar surface area (TPSA) is 12.0 Å². The van der Waals surface area contributed by atoms with Crippen molar-refractivity contribution in [1.82, 2.24) is 5.32 Å². The Morgan fingerprint density at radius 2 is 2.17 bits per heavy atom. The Kier molecular flexibility index (Phi) is 6.99. The lowest BCUT2D eigenvalue weighted by Gasteiger charge is -2.06. The van der Waals surface area contributed by atoms with Gasteiger partial charge in [-0.25, -0.2) is 4.39 Å². The number of nitrogens with one attached hydrogen (secondary N) is 1. The van der Waals surface area contributed by atoms with Crippen molar-refractivity contribution >= 4 is 11.6 Å². The third-order valence-corrected chi connectivity index (χ3v) is 3.16. The first-order chi connectivity index (χ1) is 8.65. The van der Waals surface area contributed by atoms with Crippen molar-refractivity contribution in [2.45, 2.75) is 33.1 Å². The van der Waals surface area contributed by atoms with Gasteiger partial charge >= 0.3 is 0 Å². The van der Waals surface area contributed by atoms with E-state index in [1.54, 1.807) is 6.07 Å². The van der Waals surface area contributed by atoms with E-state index in [9.17, 15) is 4.39 Å². The molecule has 3 heteroatoms. The average molecular weight is 270 g/mol. The molecule has 0 atom stereocenters. The first kappa shape index (κ1) is 15.2. The highest BCUT2D eigenvalue weighted by Crippen LogP contribution is 2.22. The highest BCUT2D eigenvalue weighted by molar-refractivity contribution is 6.31. The van der Waals surface area contributed by atoms with Crippen molar-refractivity contribution in [3.05, 3.63) is 46.3 Å². The zero-order chi connectivity index (χ0) is 13.4. The lowest BCUT2D eigenvalue weighted by Crippen LogP contribution is -2.15. The van der Waals surface area contributed by atoms with Crippen molar-refractivity contribution in [1.29, 1.82) is 0 Å². The molecule has 1 rings (SSSR count). The van der Waals surface area contributed by atoms with E-state index in [2.05, 4.69) is 25.2 Å². The average Bonchev–Trinajstić information content (AvgIpc) is 2.35. The molecule has 0 aliphatic heterocycles. The molecule has 1 N–H and O–H groups in total. The van der Waals surface area contributed by atoms with Crippen LogP contribution in [0.4, 0.5) is 4.39 Å². The van der Waals surface area contributed by atoms with E-state index in [4.69, 9.17) is 11.6 Å². The van der Waals surface area contributed by atoms with Crippen LogP contribution in [0.5, 0.6) is 0 Å². The Morgan fingerprint density at radius 3 is 2.89 bits per heavy atom. The van der Waals surface area contributed by atoms with Gasteiger partial charge in [-0.3, -0.25) is 0 Å². The second kappa shape index (κ2) is 8.28. The van der Waals surface area contributed by atoms with E-state index in [-0.39, 0.29) is 10.8 Å². The Balaban J connectivity index is 2.46. The number of hydrogen-bond acceptors (Lipinski definition) is 1. The molecular formula is C15H21ClFN. The Hall–Kier alpha value is -0.860. The summed E-state index contributed by atoms with van der Waals surface area (Å²) in [7, 11) is 0. The van der Waals surface area contributed by atoms with Crippen LogP contribution in [-0.2, 0) is 6.42 Å². The fourth-order valence-electron chi connectivity index (χ4n) is 1.78. The fraction of sp³-hybridized carbons (Fsp3) is 0.467. The monoisotopic (exact) mass is 269 g/mol. The predicted octanol–water partition coefficient (Wildman–Crippen LogP) is 4.36. The molecule has 1 aromatic rings. The van der Waals surface area contributed by atoms with Gasteiger partial charge in [0.05, 0.1) is 5.02 Å². The van der Waals surface area contributed by atoms with Gasteiger partial charge in [0.1, 0.15) is 5.82 Å². The summed E-state index contributed by atoms with van der Waals surface area (Å²) in [6.07, 6.45) is 5.05. The Morgan fingerprint density at radius 1 is 1.39 bits per heavy atom. The van der Waals surface area contributed by atoms with Crippen LogP contribution in [0.3, 0.4) is 0 Å². The molecule has 0 spiro atoms. The Bertz CT molecular complexity index is 401. The zero-order valence-electron chi connectivity index (χ0n) is 11.1. The number of rotatable bonds is 7. The van der Waals surface area contributed by atoms with Crippen LogP contribution in [-0.4, -0.2) is 13.1 Å². The molecular weight excluding hydrogens is 249 g/mol. The van der Waals surface area contributed by atoms with Crippen molar-refractivity contribution < 1.29 is 4.39 Å². The number of hydrogen-bond donors (Lipinski definition) is 1. The van der Waals surface area contributed by atoms with Crippen LogP contribution >= 0.6 is 11.6 Å². The van der Waals surface area contributed by atoms with Crippen LogP contribution in [0.1, 0.15) is 32.3 Å². The van der Waals surface area contributed by atoms with Gasteiger partial charge in [0.2, 0.25) is 0 Å². The normalized spacial score (nSPS) is 11.9. The summed E-state index contributed by atoms with van der Waals surface area (Å²) in [6, 6.07) is 4.96. The highest BCUT2D eigenvalue weighted by atomic mass is 35.5. The molecule has 0 aliphatic carbocycles. The first-order valence-electron chi connectivity index (χ1n) is 6.44. The molecule has 0 saturated carbocycles. The minimum atomic E-state index is -0.341. The minimum Gasteiger partial charge on any atom is -0.316 e. The lowest BCUT2D eigenvalue weighted by atomic mass is 10.1. The second-order valence-corrected chi connectivity index (χ2v) is 4.86. The van der Waals surface area contributed by atoms with Crippen molar-refractivity contribution in [3.63, 3.8) is 0 Å². The molecule has 0 fully saturated rings. The molecule has 0 bridgehead atoms. The summed E-state index contributed by atoms with van der Waals surface area (Å²) >= 11 is 5.93. The molecule has 0 amide bonds. The van der Waals surface area contributed by atoms with Gasteiger partial charge in [-0.2, -0.15) is 0 Å². The highest BCUT2D eigenvalue weighted by Gasteiger charge is 2.05. The second-order valence-electron chi connectivity index (χ2n) is 4.48. The molecule has 1 aromatic carbocycles. The minimum absolute atomic E-state index is 0.245. The summed E-state index contributed by atoms with van der Waals surface area (Å²) in [5.74, 6) is -0.341. The van der Waals surface area contributed by atoms with Gasteiger partial charge in [0.25, 0.3) is 0 Å². The summed E-state index contributed by atoms with van der Waals surface area (Å²) < 4.78 is 13.3. The largest absolute Gasteiger partial charge is 0.316 e. The standard InChI is InChI=1S/C15H21ClFN/c1-3-9-18-10-5-6-12(2)11-13-7-4-8-14(17)15(13)16/h4,6-8,18H,3,5,9-11H2,1-2H3/b12-6-. The van der Waals surface area contributed by atoms with Crippen LogP contribution in [0.25, 0.3) is 0 Å². The number of halogens is 2. The van der Waals surface area contributed by atoms with E-state index in [0.717, 1.165) is 31.5 Å². The van der Waals surface area contributed by atoms with E-state index in [1.807, 2.05) is 6.07 Å². The maximum atomic E-state index is 13.3. The van der Waals surface area contributed by atoms with Gasteiger partial charge in [-0.05, 0) is 50.9 Å². The van der Waals surface area contributed by atoms with E-state index in [0.29, 0.717) is 6.42 Å². The molecule has 0 heterocycles. The van der Waals surface area contributed by atoms with E-state index in [1.165, 1.54) is 11.6 Å². The third kappa shape index (κ3) is 5.19. The summed E-state index contributed by atoms with van der Waals surface area (Å²) in [4.78, 5) is 0. The molecule has 100 valence electrons. The molecule has 0 aromatic heterocycles. The van der Waals surface area contributed by atoms with E-state index >= 15 is 0 Å². The maximum Gasteiger partial charge on any atom is 0.142 e. The number of allylic oxidation sites excluding steroid dienone is 1. The first-order valence-corrected chi connectivity index (χ1v) is 6.82. The maximum absolute atomic E-state index is 13.3. The quantitative estimate of drug-likeness (QED) is 0.573. The van der Waals surface area contributed by atoms with Crippen molar-refractivity contribution in [3.8, 4) is 0 Å². The molecule has 1 nitrogen and oxygen atoms in total. The van der Waals surface area contributed by atoms with Crippen LogP contribution in [0, 0.1) is 5.82 Å². The van der Waals surface area contributed by atoms with Crippen molar-refractivity contribution in [2.75, 3.05) is 13.1 Å². The predicted molar refractivity (Wildman–Crippen MR) is 76.6 cm³/mol. The van der Waals surface area contributed by atoms with Crippen molar-refractivity contribution in [2.24, 2.45) is 0 Å². The zero-order valence-corrected chi connectivity index (χ0v) is 11.9. The number of benzene rings is 1. The molecule has 0 aliphatic rings. The fourth-order valence-corrected chi connectivity index (χ4v) is 1.97. The molecule has 0 saturated heterocycles. The Labute approximate surface area is 114 Å².